The number of nitrogens with two attached hydrogens (primary N) is 1. The summed E-state index contributed by atoms with van der Waals surface area (Å²) in [4.78, 5) is 0. The normalized spacial score (nSPS) is 16.6. The fourth-order valence-corrected chi connectivity index (χ4v) is 2.32. The van der Waals surface area contributed by atoms with Crippen molar-refractivity contribution in [3.8, 4) is 0 Å². The Balaban J connectivity index is 2.72. The first kappa shape index (κ1) is 16.1. The number of hydrazine groups is 1. The molecule has 0 fully saturated rings. The van der Waals surface area contributed by atoms with Crippen LogP contribution >= 0.6 is 0 Å². The first-order chi connectivity index (χ1) is 9.03. The first-order valence-corrected chi connectivity index (χ1v) is 7.06. The number of hydrogen-bond acceptors (Lipinski definition) is 4. The maximum Gasteiger partial charge on any atom is 0.0764 e. The number of hydrogen-bond donors (Lipinski definition) is 2. The monoisotopic (exact) mass is 268 g/mol. The van der Waals surface area contributed by atoms with E-state index in [-0.39, 0.29) is 12.1 Å². The minimum atomic E-state index is 0.0743. The van der Waals surface area contributed by atoms with Gasteiger partial charge in [0.2, 0.25) is 0 Å². The molecule has 0 radical (unpaired) electrons. The van der Waals surface area contributed by atoms with Gasteiger partial charge in [0, 0.05) is 25.8 Å². The second kappa shape index (κ2) is 7.62. The van der Waals surface area contributed by atoms with E-state index in [1.807, 2.05) is 10.9 Å². The zero-order valence-corrected chi connectivity index (χ0v) is 12.8. The number of nitrogens with one attached hydrogen (secondary N) is 1. The van der Waals surface area contributed by atoms with Gasteiger partial charge in [-0.05, 0) is 25.3 Å². The molecule has 3 N–H and O–H groups in total. The number of rotatable bonds is 8. The Morgan fingerprint density at radius 2 is 2.11 bits per heavy atom. The average molecular weight is 268 g/mol. The third-order valence-electron chi connectivity index (χ3n) is 3.67. The minimum Gasteiger partial charge on any atom is -0.380 e. The molecule has 1 aromatic rings. The van der Waals surface area contributed by atoms with Gasteiger partial charge in [0.05, 0.1) is 17.8 Å². The van der Waals surface area contributed by atoms with Gasteiger partial charge in [-0.2, -0.15) is 5.10 Å². The van der Waals surface area contributed by atoms with Crippen molar-refractivity contribution in [2.75, 3.05) is 7.11 Å². The summed E-state index contributed by atoms with van der Waals surface area (Å²) in [6.45, 7) is 8.60. The number of ether oxygens (including phenoxy) is 1. The number of methoxy groups -OCH3 is 1. The van der Waals surface area contributed by atoms with Gasteiger partial charge in [0.25, 0.3) is 0 Å². The van der Waals surface area contributed by atoms with Crippen molar-refractivity contribution in [3.63, 3.8) is 0 Å². The summed E-state index contributed by atoms with van der Waals surface area (Å²) in [5, 5.41) is 4.61. The fraction of sp³-hybridized carbons (Fsp3) is 0.786. The Bertz CT molecular complexity index is 364. The predicted octanol–water partition coefficient (Wildman–Crippen LogP) is 1.90. The van der Waals surface area contributed by atoms with E-state index in [1.54, 1.807) is 7.11 Å². The summed E-state index contributed by atoms with van der Waals surface area (Å²) in [7, 11) is 1.73. The van der Waals surface area contributed by atoms with Crippen LogP contribution in [0, 0.1) is 5.92 Å². The number of nitrogens with zero attached hydrogens (tertiary/aromatic N) is 2. The van der Waals surface area contributed by atoms with Crippen LogP contribution < -0.4 is 11.3 Å². The lowest BCUT2D eigenvalue weighted by molar-refractivity contribution is 0.0329. The third-order valence-corrected chi connectivity index (χ3v) is 3.67. The molecule has 0 aliphatic heterocycles. The van der Waals surface area contributed by atoms with E-state index < -0.39 is 0 Å². The van der Waals surface area contributed by atoms with Crippen LogP contribution in [-0.2, 0) is 11.2 Å². The van der Waals surface area contributed by atoms with Gasteiger partial charge in [0.15, 0.2) is 0 Å². The highest BCUT2D eigenvalue weighted by atomic mass is 16.5. The summed E-state index contributed by atoms with van der Waals surface area (Å²) in [5.41, 5.74) is 3.91. The van der Waals surface area contributed by atoms with E-state index in [0.717, 1.165) is 18.5 Å². The molecule has 5 heteroatoms. The van der Waals surface area contributed by atoms with Crippen molar-refractivity contribution in [1.29, 1.82) is 0 Å². The molecular formula is C14H28N4O. The van der Waals surface area contributed by atoms with Crippen LogP contribution in [-0.4, -0.2) is 29.0 Å². The third kappa shape index (κ3) is 4.30. The molecule has 1 rings (SSSR count). The van der Waals surface area contributed by atoms with E-state index in [2.05, 4.69) is 44.3 Å². The van der Waals surface area contributed by atoms with Crippen LogP contribution in [0.1, 0.15) is 45.9 Å². The lowest BCUT2D eigenvalue weighted by atomic mass is 9.96. The Labute approximate surface area is 116 Å². The van der Waals surface area contributed by atoms with Crippen molar-refractivity contribution in [1.82, 2.24) is 15.2 Å². The molecule has 0 amide bonds. The molecule has 5 nitrogen and oxygen atoms in total. The molecule has 0 saturated carbocycles. The van der Waals surface area contributed by atoms with Crippen LogP contribution in [0.5, 0.6) is 0 Å². The molecule has 1 heterocycles. The van der Waals surface area contributed by atoms with Gasteiger partial charge in [0.1, 0.15) is 0 Å². The van der Waals surface area contributed by atoms with Gasteiger partial charge >= 0.3 is 0 Å². The zero-order valence-electron chi connectivity index (χ0n) is 12.8. The van der Waals surface area contributed by atoms with Gasteiger partial charge in [-0.3, -0.25) is 16.0 Å². The Morgan fingerprint density at radius 1 is 1.42 bits per heavy atom. The minimum absolute atomic E-state index is 0.0743. The Kier molecular flexibility index (Phi) is 6.48. The van der Waals surface area contributed by atoms with Crippen molar-refractivity contribution >= 4 is 0 Å². The standard InChI is InChI=1S/C14H28N4O/c1-6-11(4)18-8-7-12(17-18)9-13(16-15)14(19-5)10(2)3/h7-8,10-11,13-14,16H,6,9,15H2,1-5H3. The highest BCUT2D eigenvalue weighted by Gasteiger charge is 2.24. The van der Waals surface area contributed by atoms with Gasteiger partial charge in [-0.1, -0.05) is 20.8 Å². The van der Waals surface area contributed by atoms with E-state index in [1.165, 1.54) is 0 Å². The smallest absolute Gasteiger partial charge is 0.0764 e. The van der Waals surface area contributed by atoms with Crippen molar-refractivity contribution in [3.05, 3.63) is 18.0 Å². The van der Waals surface area contributed by atoms with E-state index >= 15 is 0 Å². The highest BCUT2D eigenvalue weighted by Crippen LogP contribution is 2.15. The maximum atomic E-state index is 5.66. The summed E-state index contributed by atoms with van der Waals surface area (Å²) >= 11 is 0. The van der Waals surface area contributed by atoms with Crippen molar-refractivity contribution < 1.29 is 4.74 Å². The molecule has 0 aliphatic rings. The molecule has 0 spiro atoms. The van der Waals surface area contributed by atoms with Crippen LogP contribution in [0.4, 0.5) is 0 Å². The lowest BCUT2D eigenvalue weighted by Gasteiger charge is -2.27. The van der Waals surface area contributed by atoms with Crippen LogP contribution in [0.3, 0.4) is 0 Å². The largest absolute Gasteiger partial charge is 0.380 e. The summed E-state index contributed by atoms with van der Waals surface area (Å²) in [5.74, 6) is 6.07. The van der Waals surface area contributed by atoms with Crippen molar-refractivity contribution in [2.45, 2.75) is 58.7 Å². The number of aromatic nitrogens is 2. The molecule has 110 valence electrons. The molecule has 3 atom stereocenters. The summed E-state index contributed by atoms with van der Waals surface area (Å²) in [6.07, 6.45) is 3.97. The Morgan fingerprint density at radius 3 is 2.58 bits per heavy atom. The van der Waals surface area contributed by atoms with Gasteiger partial charge in [-0.15, -0.1) is 0 Å². The second-order valence-electron chi connectivity index (χ2n) is 5.47. The van der Waals surface area contributed by atoms with Crippen molar-refractivity contribution in [2.24, 2.45) is 11.8 Å². The van der Waals surface area contributed by atoms with Crippen LogP contribution in [0.25, 0.3) is 0 Å². The molecule has 19 heavy (non-hydrogen) atoms. The first-order valence-electron chi connectivity index (χ1n) is 7.06. The molecule has 0 aliphatic carbocycles. The molecule has 3 unspecified atom stereocenters. The summed E-state index contributed by atoms with van der Waals surface area (Å²) in [6, 6.07) is 2.57. The molecule has 0 saturated heterocycles. The van der Waals surface area contributed by atoms with E-state index in [0.29, 0.717) is 12.0 Å². The van der Waals surface area contributed by atoms with E-state index in [9.17, 15) is 0 Å². The quantitative estimate of drug-likeness (QED) is 0.558. The fourth-order valence-electron chi connectivity index (χ4n) is 2.32. The maximum absolute atomic E-state index is 5.66. The lowest BCUT2D eigenvalue weighted by Crippen LogP contribution is -2.48. The second-order valence-corrected chi connectivity index (χ2v) is 5.47. The summed E-state index contributed by atoms with van der Waals surface area (Å²) < 4.78 is 7.55. The van der Waals surface area contributed by atoms with Crippen LogP contribution in [0.15, 0.2) is 12.3 Å². The van der Waals surface area contributed by atoms with Gasteiger partial charge in [-0.25, -0.2) is 0 Å². The molecule has 0 bridgehead atoms. The van der Waals surface area contributed by atoms with Gasteiger partial charge < -0.3 is 4.74 Å². The van der Waals surface area contributed by atoms with E-state index in [4.69, 9.17) is 10.6 Å². The predicted molar refractivity (Wildman–Crippen MR) is 77.7 cm³/mol. The average Bonchev–Trinajstić information content (AvgIpc) is 2.85. The molecule has 1 aromatic heterocycles. The zero-order chi connectivity index (χ0) is 14.4. The Hall–Kier alpha value is -0.910. The topological polar surface area (TPSA) is 65.1 Å². The van der Waals surface area contributed by atoms with Crippen LogP contribution in [0.2, 0.25) is 0 Å². The SMILES string of the molecule is CCC(C)n1ccc(CC(NN)C(OC)C(C)C)n1. The highest BCUT2D eigenvalue weighted by molar-refractivity contribution is 5.03. The molecular weight excluding hydrogens is 240 g/mol. The molecule has 0 aromatic carbocycles.